The van der Waals surface area contributed by atoms with Gasteiger partial charge in [0, 0.05) is 11.6 Å². The van der Waals surface area contributed by atoms with Crippen molar-refractivity contribution < 1.29 is 22.7 Å². The van der Waals surface area contributed by atoms with Crippen molar-refractivity contribution in [3.8, 4) is 0 Å². The van der Waals surface area contributed by atoms with Crippen molar-refractivity contribution in [2.45, 2.75) is 18.1 Å². The van der Waals surface area contributed by atoms with Gasteiger partial charge in [0.05, 0.1) is 11.4 Å². The van der Waals surface area contributed by atoms with E-state index in [4.69, 9.17) is 0 Å². The van der Waals surface area contributed by atoms with Crippen LogP contribution in [0.5, 0.6) is 0 Å². The van der Waals surface area contributed by atoms with Crippen molar-refractivity contribution in [1.29, 1.82) is 0 Å². The maximum absolute atomic E-state index is 15.0. The first-order chi connectivity index (χ1) is 11.3. The first-order valence-corrected chi connectivity index (χ1v) is 7.64. The van der Waals surface area contributed by atoms with E-state index < -0.39 is 40.1 Å². The molecule has 0 fully saturated rings. The molecule has 2 heterocycles. The second-order valence-corrected chi connectivity index (χ2v) is 6.08. The Kier molecular flexibility index (Phi) is 4.14. The lowest BCUT2D eigenvalue weighted by Gasteiger charge is -2.35. The largest absolute Gasteiger partial charge is 0.377 e. The maximum atomic E-state index is 15.0. The van der Waals surface area contributed by atoms with Crippen LogP contribution in [0.2, 0.25) is 0 Å². The lowest BCUT2D eigenvalue weighted by atomic mass is 9.85. The van der Waals surface area contributed by atoms with Gasteiger partial charge in [-0.2, -0.15) is 13.9 Å². The van der Waals surface area contributed by atoms with Crippen molar-refractivity contribution in [3.63, 3.8) is 0 Å². The summed E-state index contributed by atoms with van der Waals surface area (Å²) >= 11 is 0.721. The highest BCUT2D eigenvalue weighted by Gasteiger charge is 2.57. The molecular weight excluding hydrogens is 346 g/mol. The van der Waals surface area contributed by atoms with Gasteiger partial charge in [-0.3, -0.25) is 0 Å². The zero-order chi connectivity index (χ0) is 17.4. The second-order valence-electron chi connectivity index (χ2n) is 5.13. The van der Waals surface area contributed by atoms with E-state index in [2.05, 4.69) is 10.1 Å². The summed E-state index contributed by atoms with van der Waals surface area (Å²) in [5.74, 6) is -6.04. The van der Waals surface area contributed by atoms with Gasteiger partial charge in [0.25, 0.3) is 0 Å². The highest BCUT2D eigenvalue weighted by molar-refractivity contribution is 7.10. The van der Waals surface area contributed by atoms with Crippen molar-refractivity contribution in [2.24, 2.45) is 0 Å². The number of benzene rings is 1. The molecular formula is C15H11F4N3OS. The molecule has 0 aliphatic rings. The second kappa shape index (κ2) is 5.99. The topological polar surface area (TPSA) is 50.9 Å². The van der Waals surface area contributed by atoms with Gasteiger partial charge in [0.15, 0.2) is 5.60 Å². The number of aromatic nitrogens is 3. The van der Waals surface area contributed by atoms with Gasteiger partial charge in [0.1, 0.15) is 24.3 Å². The minimum absolute atomic E-state index is 0.450. The van der Waals surface area contributed by atoms with Crippen LogP contribution in [0.4, 0.5) is 17.6 Å². The van der Waals surface area contributed by atoms with E-state index in [0.717, 1.165) is 46.9 Å². The SMILES string of the molecule is O[C@](Cn1cncn1)(c1ccc(F)cc1F)C(F)(F)c1cccs1. The number of hydrogen-bond acceptors (Lipinski definition) is 4. The van der Waals surface area contributed by atoms with Crippen LogP contribution in [0.1, 0.15) is 10.4 Å². The van der Waals surface area contributed by atoms with E-state index in [1.807, 2.05) is 0 Å². The van der Waals surface area contributed by atoms with Gasteiger partial charge >= 0.3 is 5.92 Å². The number of thiophene rings is 1. The summed E-state index contributed by atoms with van der Waals surface area (Å²) in [4.78, 5) is 3.18. The molecule has 9 heteroatoms. The standard InChI is InChI=1S/C15H11F4N3OS/c16-10-3-4-11(12(17)6-10)14(23,7-22-9-20-8-21-22)15(18,19)13-2-1-5-24-13/h1-6,8-9,23H,7H2/t14-/m1/s1. The molecule has 1 atom stereocenters. The first-order valence-electron chi connectivity index (χ1n) is 6.77. The van der Waals surface area contributed by atoms with Crippen molar-refractivity contribution >= 4 is 11.3 Å². The molecule has 0 aliphatic carbocycles. The average Bonchev–Trinajstić information content (AvgIpc) is 3.20. The number of rotatable bonds is 5. The zero-order valence-electron chi connectivity index (χ0n) is 12.0. The highest BCUT2D eigenvalue weighted by atomic mass is 32.1. The minimum Gasteiger partial charge on any atom is -0.377 e. The maximum Gasteiger partial charge on any atom is 0.316 e. The zero-order valence-corrected chi connectivity index (χ0v) is 12.9. The van der Waals surface area contributed by atoms with Crippen LogP contribution >= 0.6 is 11.3 Å². The van der Waals surface area contributed by atoms with E-state index in [1.54, 1.807) is 0 Å². The molecule has 0 unspecified atom stereocenters. The van der Waals surface area contributed by atoms with Crippen LogP contribution in [0, 0.1) is 11.6 Å². The van der Waals surface area contributed by atoms with Crippen LogP contribution in [0.25, 0.3) is 0 Å². The third-order valence-electron chi connectivity index (χ3n) is 3.58. The smallest absolute Gasteiger partial charge is 0.316 e. The number of alkyl halides is 2. The van der Waals surface area contributed by atoms with Gasteiger partial charge in [-0.1, -0.05) is 6.07 Å². The highest BCUT2D eigenvalue weighted by Crippen LogP contribution is 2.48. The molecule has 0 saturated carbocycles. The number of aliphatic hydroxyl groups is 1. The van der Waals surface area contributed by atoms with Crippen molar-refractivity contribution in [3.05, 3.63) is 70.4 Å². The molecule has 0 aliphatic heterocycles. The van der Waals surface area contributed by atoms with Gasteiger partial charge in [0.2, 0.25) is 0 Å². The Balaban J connectivity index is 2.17. The molecule has 0 amide bonds. The fraction of sp³-hybridized carbons (Fsp3) is 0.200. The Morgan fingerprint density at radius 3 is 2.58 bits per heavy atom. The third-order valence-corrected chi connectivity index (χ3v) is 4.52. The summed E-state index contributed by atoms with van der Waals surface area (Å²) < 4.78 is 58.4. The normalized spacial score (nSPS) is 14.5. The van der Waals surface area contributed by atoms with Gasteiger partial charge in [-0.25, -0.2) is 18.4 Å². The van der Waals surface area contributed by atoms with Crippen LogP contribution in [-0.2, 0) is 18.1 Å². The predicted octanol–water partition coefficient (Wildman–Crippen LogP) is 3.30. The Bertz CT molecular complexity index is 823. The lowest BCUT2D eigenvalue weighted by Crippen LogP contribution is -2.47. The lowest BCUT2D eigenvalue weighted by molar-refractivity contribution is -0.203. The summed E-state index contributed by atoms with van der Waals surface area (Å²) in [6.45, 7) is -0.763. The van der Waals surface area contributed by atoms with Gasteiger partial charge in [-0.15, -0.1) is 11.3 Å². The number of halogens is 4. The summed E-state index contributed by atoms with van der Waals surface area (Å²) in [5, 5.41) is 15.9. The fourth-order valence-corrected chi connectivity index (χ4v) is 3.17. The molecule has 3 rings (SSSR count). The molecule has 126 valence electrons. The molecule has 24 heavy (non-hydrogen) atoms. The summed E-state index contributed by atoms with van der Waals surface area (Å²) in [6.07, 6.45) is 2.22. The van der Waals surface area contributed by atoms with Crippen LogP contribution < -0.4 is 0 Å². The molecule has 0 saturated heterocycles. The Morgan fingerprint density at radius 1 is 1.21 bits per heavy atom. The van der Waals surface area contributed by atoms with Crippen LogP contribution in [-0.4, -0.2) is 19.9 Å². The Labute approximate surface area is 138 Å². The number of hydrogen-bond donors (Lipinski definition) is 1. The van der Waals surface area contributed by atoms with Crippen LogP contribution in [0.15, 0.2) is 48.4 Å². The van der Waals surface area contributed by atoms with Gasteiger partial charge < -0.3 is 5.11 Å². The summed E-state index contributed by atoms with van der Waals surface area (Å²) in [7, 11) is 0. The summed E-state index contributed by atoms with van der Waals surface area (Å²) in [6, 6.07) is 4.60. The minimum atomic E-state index is -3.84. The van der Waals surface area contributed by atoms with E-state index in [9.17, 15) is 13.9 Å². The number of nitrogens with zero attached hydrogens (tertiary/aromatic N) is 3. The first kappa shape index (κ1) is 16.6. The third kappa shape index (κ3) is 2.69. The quantitative estimate of drug-likeness (QED) is 0.713. The molecule has 1 aromatic carbocycles. The molecule has 0 radical (unpaired) electrons. The fourth-order valence-electron chi connectivity index (χ4n) is 2.39. The van der Waals surface area contributed by atoms with Crippen LogP contribution in [0.3, 0.4) is 0 Å². The molecule has 0 spiro atoms. The van der Waals surface area contributed by atoms with E-state index in [-0.39, 0.29) is 0 Å². The van der Waals surface area contributed by atoms with E-state index >= 15 is 8.78 Å². The monoisotopic (exact) mass is 357 g/mol. The molecule has 3 aromatic rings. The molecule has 2 aromatic heterocycles. The molecule has 4 nitrogen and oxygen atoms in total. The Morgan fingerprint density at radius 2 is 2.00 bits per heavy atom. The van der Waals surface area contributed by atoms with E-state index in [1.165, 1.54) is 11.4 Å². The van der Waals surface area contributed by atoms with Crippen molar-refractivity contribution in [1.82, 2.24) is 14.8 Å². The van der Waals surface area contributed by atoms with Gasteiger partial charge in [-0.05, 0) is 23.6 Å². The van der Waals surface area contributed by atoms with Crippen molar-refractivity contribution in [2.75, 3.05) is 0 Å². The molecule has 0 bridgehead atoms. The average molecular weight is 357 g/mol. The predicted molar refractivity (Wildman–Crippen MR) is 78.5 cm³/mol. The van der Waals surface area contributed by atoms with E-state index in [0.29, 0.717) is 6.07 Å². The Hall–Kier alpha value is -2.26. The molecule has 1 N–H and O–H groups in total. The summed E-state index contributed by atoms with van der Waals surface area (Å²) in [5.41, 5.74) is -3.71.